The van der Waals surface area contributed by atoms with Gasteiger partial charge in [-0.3, -0.25) is 14.5 Å². The monoisotopic (exact) mass is 249 g/mol. The molecular formula is C13H19N3O2. The first-order valence-electron chi connectivity index (χ1n) is 6.19. The van der Waals surface area contributed by atoms with Crippen molar-refractivity contribution < 1.29 is 9.59 Å². The van der Waals surface area contributed by atoms with Gasteiger partial charge in [-0.25, -0.2) is 0 Å². The minimum absolute atomic E-state index is 0.115. The molecule has 1 amide bonds. The van der Waals surface area contributed by atoms with E-state index in [-0.39, 0.29) is 11.7 Å². The first-order chi connectivity index (χ1) is 8.56. The lowest BCUT2D eigenvalue weighted by atomic mass is 10.2. The number of amides is 1. The van der Waals surface area contributed by atoms with Gasteiger partial charge in [0.2, 0.25) is 5.91 Å². The summed E-state index contributed by atoms with van der Waals surface area (Å²) in [7, 11) is 1.91. The first kappa shape index (κ1) is 12.8. The van der Waals surface area contributed by atoms with Gasteiger partial charge in [0.1, 0.15) is 0 Å². The molecule has 5 nitrogen and oxygen atoms in total. The van der Waals surface area contributed by atoms with Crippen molar-refractivity contribution >= 4 is 11.7 Å². The van der Waals surface area contributed by atoms with Crippen molar-refractivity contribution in [2.45, 2.75) is 6.92 Å². The van der Waals surface area contributed by atoms with Gasteiger partial charge >= 0.3 is 0 Å². The molecule has 2 heterocycles. The summed E-state index contributed by atoms with van der Waals surface area (Å²) < 4.78 is 1.88. The average Bonchev–Trinajstić information content (AvgIpc) is 2.76. The van der Waals surface area contributed by atoms with E-state index in [2.05, 4.69) is 4.90 Å². The van der Waals surface area contributed by atoms with E-state index in [1.807, 2.05) is 35.0 Å². The largest absolute Gasteiger partial charge is 0.357 e. The third kappa shape index (κ3) is 2.98. The number of nitrogens with zero attached hydrogens (tertiary/aromatic N) is 3. The van der Waals surface area contributed by atoms with Crippen LogP contribution in [-0.4, -0.2) is 58.8 Å². The molecule has 1 aliphatic heterocycles. The van der Waals surface area contributed by atoms with Gasteiger partial charge in [-0.05, 0) is 6.07 Å². The number of carbonyl (C=O) groups excluding carboxylic acids is 2. The van der Waals surface area contributed by atoms with Crippen molar-refractivity contribution in [3.8, 4) is 0 Å². The number of aryl methyl sites for hydroxylation is 1. The van der Waals surface area contributed by atoms with Crippen LogP contribution in [0.1, 0.15) is 17.3 Å². The van der Waals surface area contributed by atoms with Crippen LogP contribution in [0.3, 0.4) is 0 Å². The molecule has 0 bridgehead atoms. The second-order valence-corrected chi connectivity index (χ2v) is 4.77. The fraction of sp³-hybridized carbons (Fsp3) is 0.538. The molecule has 0 atom stereocenters. The second-order valence-electron chi connectivity index (χ2n) is 4.77. The van der Waals surface area contributed by atoms with E-state index >= 15 is 0 Å². The highest BCUT2D eigenvalue weighted by Gasteiger charge is 2.20. The van der Waals surface area contributed by atoms with Crippen LogP contribution in [0.25, 0.3) is 0 Å². The Balaban J connectivity index is 1.85. The number of hydrogen-bond acceptors (Lipinski definition) is 3. The summed E-state index contributed by atoms with van der Waals surface area (Å²) in [6.07, 6.45) is 3.72. The molecule has 1 aromatic rings. The van der Waals surface area contributed by atoms with E-state index in [0.29, 0.717) is 6.54 Å². The maximum atomic E-state index is 12.0. The van der Waals surface area contributed by atoms with E-state index in [1.165, 1.54) is 0 Å². The zero-order chi connectivity index (χ0) is 13.1. The molecule has 1 aliphatic rings. The molecule has 0 unspecified atom stereocenters. The van der Waals surface area contributed by atoms with E-state index in [0.717, 1.165) is 31.7 Å². The van der Waals surface area contributed by atoms with Crippen molar-refractivity contribution in [1.82, 2.24) is 14.4 Å². The molecule has 2 rings (SSSR count). The predicted octanol–water partition coefficient (Wildman–Crippen LogP) is 0.372. The summed E-state index contributed by atoms with van der Waals surface area (Å²) >= 11 is 0. The Morgan fingerprint density at radius 1 is 1.22 bits per heavy atom. The number of hydrogen-bond donors (Lipinski definition) is 0. The zero-order valence-corrected chi connectivity index (χ0v) is 10.9. The van der Waals surface area contributed by atoms with Crippen LogP contribution in [0.5, 0.6) is 0 Å². The molecular weight excluding hydrogens is 230 g/mol. The van der Waals surface area contributed by atoms with E-state index in [1.54, 1.807) is 6.92 Å². The number of Topliss-reactive ketones (excluding diaryl/α,β-unsaturated/α-hetero) is 1. The molecule has 0 aromatic carbocycles. The Labute approximate surface area is 107 Å². The quantitative estimate of drug-likeness (QED) is 0.727. The fourth-order valence-electron chi connectivity index (χ4n) is 2.18. The van der Waals surface area contributed by atoms with E-state index in [4.69, 9.17) is 0 Å². The van der Waals surface area contributed by atoms with E-state index < -0.39 is 0 Å². The molecule has 98 valence electrons. The SMILES string of the molecule is CC(=O)N1CCN(CC(=O)c2ccn(C)c2)CC1. The minimum Gasteiger partial charge on any atom is -0.357 e. The minimum atomic E-state index is 0.115. The van der Waals surface area contributed by atoms with E-state index in [9.17, 15) is 9.59 Å². The highest BCUT2D eigenvalue weighted by atomic mass is 16.2. The Bertz CT molecular complexity index is 445. The molecule has 1 fully saturated rings. The summed E-state index contributed by atoms with van der Waals surface area (Å²) in [6, 6.07) is 1.84. The molecule has 5 heteroatoms. The highest BCUT2D eigenvalue weighted by Crippen LogP contribution is 2.06. The molecule has 0 saturated carbocycles. The lowest BCUT2D eigenvalue weighted by molar-refractivity contribution is -0.130. The van der Waals surface area contributed by atoms with Crippen LogP contribution in [0.15, 0.2) is 18.5 Å². The Hall–Kier alpha value is -1.62. The number of carbonyl (C=O) groups is 2. The Kier molecular flexibility index (Phi) is 3.81. The number of aromatic nitrogens is 1. The molecule has 0 aliphatic carbocycles. The number of ketones is 1. The van der Waals surface area contributed by atoms with Crippen LogP contribution in [-0.2, 0) is 11.8 Å². The summed E-state index contributed by atoms with van der Waals surface area (Å²) in [5, 5.41) is 0. The topological polar surface area (TPSA) is 45.6 Å². The van der Waals surface area contributed by atoms with Gasteiger partial charge in [-0.15, -0.1) is 0 Å². The molecule has 18 heavy (non-hydrogen) atoms. The normalized spacial score (nSPS) is 16.9. The van der Waals surface area contributed by atoms with Crippen LogP contribution in [0.4, 0.5) is 0 Å². The van der Waals surface area contributed by atoms with Gasteiger partial charge in [0.15, 0.2) is 5.78 Å². The maximum Gasteiger partial charge on any atom is 0.219 e. The van der Waals surface area contributed by atoms with Gasteiger partial charge in [0.25, 0.3) is 0 Å². The number of piperazine rings is 1. The van der Waals surface area contributed by atoms with Crippen LogP contribution in [0, 0.1) is 0 Å². The van der Waals surface area contributed by atoms with Crippen molar-refractivity contribution in [1.29, 1.82) is 0 Å². The summed E-state index contributed by atoms with van der Waals surface area (Å²) in [5.41, 5.74) is 0.756. The second kappa shape index (κ2) is 5.35. The fourth-order valence-corrected chi connectivity index (χ4v) is 2.18. The first-order valence-corrected chi connectivity index (χ1v) is 6.19. The smallest absolute Gasteiger partial charge is 0.219 e. The average molecular weight is 249 g/mol. The van der Waals surface area contributed by atoms with Gasteiger partial charge in [-0.1, -0.05) is 0 Å². The highest BCUT2D eigenvalue weighted by molar-refractivity contribution is 5.97. The summed E-state index contributed by atoms with van der Waals surface area (Å²) in [4.78, 5) is 27.1. The molecule has 0 radical (unpaired) electrons. The van der Waals surface area contributed by atoms with Crippen molar-refractivity contribution in [2.75, 3.05) is 32.7 Å². The standard InChI is InChI=1S/C13H19N3O2/c1-11(17)16-7-5-15(6-8-16)10-13(18)12-3-4-14(2)9-12/h3-4,9H,5-8,10H2,1-2H3. The summed E-state index contributed by atoms with van der Waals surface area (Å²) in [6.45, 7) is 5.02. The van der Waals surface area contributed by atoms with Crippen molar-refractivity contribution in [3.63, 3.8) is 0 Å². The maximum absolute atomic E-state index is 12.0. The van der Waals surface area contributed by atoms with Gasteiger partial charge in [0.05, 0.1) is 6.54 Å². The lowest BCUT2D eigenvalue weighted by Gasteiger charge is -2.33. The molecule has 0 N–H and O–H groups in total. The number of rotatable bonds is 3. The summed E-state index contributed by atoms with van der Waals surface area (Å²) in [5.74, 6) is 0.260. The third-order valence-electron chi connectivity index (χ3n) is 3.34. The van der Waals surface area contributed by atoms with Crippen molar-refractivity contribution in [2.24, 2.45) is 7.05 Å². The predicted molar refractivity (Wildman–Crippen MR) is 68.4 cm³/mol. The Morgan fingerprint density at radius 3 is 2.39 bits per heavy atom. The molecule has 0 spiro atoms. The third-order valence-corrected chi connectivity index (χ3v) is 3.34. The van der Waals surface area contributed by atoms with Gasteiger partial charge < -0.3 is 9.47 Å². The van der Waals surface area contributed by atoms with Gasteiger partial charge in [-0.2, -0.15) is 0 Å². The zero-order valence-electron chi connectivity index (χ0n) is 10.9. The van der Waals surface area contributed by atoms with Crippen molar-refractivity contribution in [3.05, 3.63) is 24.0 Å². The molecule has 1 saturated heterocycles. The van der Waals surface area contributed by atoms with Gasteiger partial charge in [0, 0.05) is 58.1 Å². The van der Waals surface area contributed by atoms with Crippen LogP contribution < -0.4 is 0 Å². The molecule has 1 aromatic heterocycles. The van der Waals surface area contributed by atoms with Crippen LogP contribution >= 0.6 is 0 Å². The van der Waals surface area contributed by atoms with Crippen LogP contribution in [0.2, 0.25) is 0 Å². The lowest BCUT2D eigenvalue weighted by Crippen LogP contribution is -2.49. The Morgan fingerprint density at radius 2 is 1.89 bits per heavy atom.